The van der Waals surface area contributed by atoms with Crippen molar-refractivity contribution < 1.29 is 9.13 Å². The van der Waals surface area contributed by atoms with Gasteiger partial charge in [0.15, 0.2) is 5.82 Å². The number of hydrogen-bond acceptors (Lipinski definition) is 6. The number of nitrogen functional groups attached to an aromatic ring is 2. The number of hydrogen-bond donors (Lipinski definition) is 2. The van der Waals surface area contributed by atoms with E-state index in [1.165, 1.54) is 12.1 Å². The molecule has 24 heavy (non-hydrogen) atoms. The Kier molecular flexibility index (Phi) is 4.24. The summed E-state index contributed by atoms with van der Waals surface area (Å²) in [6.07, 6.45) is -0.208. The molecule has 0 bridgehead atoms. The van der Waals surface area contributed by atoms with Crippen LogP contribution in [0.25, 0.3) is 11.4 Å². The lowest BCUT2D eigenvalue weighted by atomic mass is 10.1. The fraction of sp³-hybridized carbons (Fsp3) is 0.118. The van der Waals surface area contributed by atoms with Crippen LogP contribution in [0.15, 0.2) is 48.5 Å². The monoisotopic (exact) mass is 325 g/mol. The molecule has 0 radical (unpaired) electrons. The first kappa shape index (κ1) is 15.7. The zero-order chi connectivity index (χ0) is 17.1. The molecule has 0 fully saturated rings. The Morgan fingerprint density at radius 1 is 0.875 bits per heavy atom. The first-order valence-electron chi connectivity index (χ1n) is 7.31. The fourth-order valence-corrected chi connectivity index (χ4v) is 2.23. The van der Waals surface area contributed by atoms with Crippen molar-refractivity contribution in [2.24, 2.45) is 0 Å². The van der Waals surface area contributed by atoms with E-state index in [1.54, 1.807) is 36.4 Å². The summed E-state index contributed by atoms with van der Waals surface area (Å²) < 4.78 is 18.8. The van der Waals surface area contributed by atoms with E-state index < -0.39 is 0 Å². The molecule has 1 unspecified atom stereocenters. The van der Waals surface area contributed by atoms with Crippen molar-refractivity contribution in [3.63, 3.8) is 0 Å². The van der Waals surface area contributed by atoms with E-state index in [-0.39, 0.29) is 23.8 Å². The molecule has 0 amide bonds. The Balaban J connectivity index is 1.75. The van der Waals surface area contributed by atoms with Gasteiger partial charge in [-0.05, 0) is 48.9 Å². The van der Waals surface area contributed by atoms with Gasteiger partial charge in [0.1, 0.15) is 17.7 Å². The van der Waals surface area contributed by atoms with Crippen molar-refractivity contribution in [3.8, 4) is 17.1 Å². The SMILES string of the molecule is CC(Oc1ccc(-c2nc(N)nc(N)n2)cc1)c1ccc(F)cc1. The first-order chi connectivity index (χ1) is 11.5. The maximum absolute atomic E-state index is 13.0. The van der Waals surface area contributed by atoms with Gasteiger partial charge >= 0.3 is 0 Å². The van der Waals surface area contributed by atoms with Gasteiger partial charge in [-0.3, -0.25) is 0 Å². The van der Waals surface area contributed by atoms with Crippen LogP contribution in [0.2, 0.25) is 0 Å². The summed E-state index contributed by atoms with van der Waals surface area (Å²) in [6, 6.07) is 13.4. The van der Waals surface area contributed by atoms with Gasteiger partial charge in [-0.15, -0.1) is 0 Å². The maximum Gasteiger partial charge on any atom is 0.225 e. The fourth-order valence-electron chi connectivity index (χ4n) is 2.23. The predicted octanol–water partition coefficient (Wildman–Crippen LogP) is 2.98. The summed E-state index contributed by atoms with van der Waals surface area (Å²) in [5.74, 6) is 0.945. The quantitative estimate of drug-likeness (QED) is 0.765. The molecule has 0 aliphatic heterocycles. The average molecular weight is 325 g/mol. The van der Waals surface area contributed by atoms with Crippen LogP contribution in [0.3, 0.4) is 0 Å². The summed E-state index contributed by atoms with van der Waals surface area (Å²) >= 11 is 0. The summed E-state index contributed by atoms with van der Waals surface area (Å²) in [6.45, 7) is 1.90. The number of nitrogens with two attached hydrogens (primary N) is 2. The lowest BCUT2D eigenvalue weighted by Gasteiger charge is -2.15. The van der Waals surface area contributed by atoms with E-state index in [1.807, 2.05) is 6.92 Å². The third-order valence-corrected chi connectivity index (χ3v) is 3.43. The smallest absolute Gasteiger partial charge is 0.225 e. The Labute approximate surface area is 138 Å². The largest absolute Gasteiger partial charge is 0.486 e. The lowest BCUT2D eigenvalue weighted by molar-refractivity contribution is 0.227. The summed E-state index contributed by atoms with van der Waals surface area (Å²) in [4.78, 5) is 11.8. The molecule has 3 aromatic rings. The minimum atomic E-state index is -0.272. The standard InChI is InChI=1S/C17H16FN5O/c1-10(11-2-6-13(18)7-3-11)24-14-8-4-12(5-9-14)15-21-16(19)23-17(20)22-15/h2-10H,1H3,(H4,19,20,21,22,23). The average Bonchev–Trinajstić information content (AvgIpc) is 2.55. The molecule has 7 heteroatoms. The number of rotatable bonds is 4. The minimum Gasteiger partial charge on any atom is -0.486 e. The van der Waals surface area contributed by atoms with Crippen molar-refractivity contribution in [1.82, 2.24) is 15.0 Å². The van der Waals surface area contributed by atoms with Gasteiger partial charge in [0, 0.05) is 5.56 Å². The van der Waals surface area contributed by atoms with E-state index in [0.29, 0.717) is 11.6 Å². The second-order valence-corrected chi connectivity index (χ2v) is 5.21. The second kappa shape index (κ2) is 6.49. The highest BCUT2D eigenvalue weighted by molar-refractivity contribution is 5.58. The Bertz CT molecular complexity index is 816. The van der Waals surface area contributed by atoms with Crippen molar-refractivity contribution in [2.45, 2.75) is 13.0 Å². The van der Waals surface area contributed by atoms with Crippen LogP contribution in [-0.4, -0.2) is 15.0 Å². The van der Waals surface area contributed by atoms with Gasteiger partial charge in [-0.25, -0.2) is 4.39 Å². The molecule has 1 atom stereocenters. The highest BCUT2D eigenvalue weighted by Gasteiger charge is 2.09. The van der Waals surface area contributed by atoms with Crippen molar-refractivity contribution in [2.75, 3.05) is 11.5 Å². The Morgan fingerprint density at radius 3 is 2.04 bits per heavy atom. The van der Waals surface area contributed by atoms with Gasteiger partial charge in [-0.1, -0.05) is 12.1 Å². The van der Waals surface area contributed by atoms with Crippen LogP contribution in [0.4, 0.5) is 16.3 Å². The van der Waals surface area contributed by atoms with E-state index in [2.05, 4.69) is 15.0 Å². The normalized spacial score (nSPS) is 11.9. The summed E-state index contributed by atoms with van der Waals surface area (Å²) in [5, 5.41) is 0. The number of aromatic nitrogens is 3. The number of benzene rings is 2. The van der Waals surface area contributed by atoms with Crippen LogP contribution in [0.1, 0.15) is 18.6 Å². The van der Waals surface area contributed by atoms with E-state index in [0.717, 1.165) is 11.1 Å². The van der Waals surface area contributed by atoms with Crippen molar-refractivity contribution in [3.05, 3.63) is 59.9 Å². The maximum atomic E-state index is 13.0. The Hall–Kier alpha value is -3.22. The summed E-state index contributed by atoms with van der Waals surface area (Å²) in [7, 11) is 0. The van der Waals surface area contributed by atoms with E-state index in [4.69, 9.17) is 16.2 Å². The molecule has 4 N–H and O–H groups in total. The topological polar surface area (TPSA) is 99.9 Å². The highest BCUT2D eigenvalue weighted by Crippen LogP contribution is 2.25. The van der Waals surface area contributed by atoms with Crippen molar-refractivity contribution in [1.29, 1.82) is 0 Å². The molecular formula is C17H16FN5O. The third-order valence-electron chi connectivity index (χ3n) is 3.43. The highest BCUT2D eigenvalue weighted by atomic mass is 19.1. The molecule has 3 rings (SSSR count). The number of halogens is 1. The number of anilines is 2. The molecular weight excluding hydrogens is 309 g/mol. The van der Waals surface area contributed by atoms with Gasteiger partial charge < -0.3 is 16.2 Å². The molecule has 6 nitrogen and oxygen atoms in total. The Morgan fingerprint density at radius 2 is 1.46 bits per heavy atom. The molecule has 1 aromatic heterocycles. The molecule has 0 aliphatic rings. The zero-order valence-corrected chi connectivity index (χ0v) is 13.0. The second-order valence-electron chi connectivity index (χ2n) is 5.21. The minimum absolute atomic E-state index is 0.0720. The van der Waals surface area contributed by atoms with Gasteiger partial charge in [-0.2, -0.15) is 15.0 Å². The molecule has 0 spiro atoms. The lowest BCUT2D eigenvalue weighted by Crippen LogP contribution is -2.04. The van der Waals surface area contributed by atoms with Crippen LogP contribution in [0.5, 0.6) is 5.75 Å². The van der Waals surface area contributed by atoms with Gasteiger partial charge in [0.2, 0.25) is 11.9 Å². The van der Waals surface area contributed by atoms with Crippen LogP contribution >= 0.6 is 0 Å². The third kappa shape index (κ3) is 3.57. The van der Waals surface area contributed by atoms with Gasteiger partial charge in [0.25, 0.3) is 0 Å². The number of ether oxygens (including phenoxy) is 1. The first-order valence-corrected chi connectivity index (χ1v) is 7.31. The summed E-state index contributed by atoms with van der Waals surface area (Å²) in [5.41, 5.74) is 12.8. The van der Waals surface area contributed by atoms with Gasteiger partial charge in [0.05, 0.1) is 0 Å². The predicted molar refractivity (Wildman–Crippen MR) is 89.5 cm³/mol. The van der Waals surface area contributed by atoms with Crippen LogP contribution < -0.4 is 16.2 Å². The number of nitrogens with zero attached hydrogens (tertiary/aromatic N) is 3. The van der Waals surface area contributed by atoms with E-state index >= 15 is 0 Å². The molecule has 2 aromatic carbocycles. The molecule has 0 saturated carbocycles. The molecule has 0 aliphatic carbocycles. The zero-order valence-electron chi connectivity index (χ0n) is 13.0. The molecule has 122 valence electrons. The van der Waals surface area contributed by atoms with E-state index in [9.17, 15) is 4.39 Å². The van der Waals surface area contributed by atoms with Crippen LogP contribution in [-0.2, 0) is 0 Å². The van der Waals surface area contributed by atoms with Crippen LogP contribution in [0, 0.1) is 5.82 Å². The van der Waals surface area contributed by atoms with Crippen molar-refractivity contribution >= 4 is 11.9 Å². The molecule has 0 saturated heterocycles. The molecule has 1 heterocycles.